The summed E-state index contributed by atoms with van der Waals surface area (Å²) in [6.07, 6.45) is 1.58. The van der Waals surface area contributed by atoms with E-state index in [9.17, 15) is 14.3 Å². The van der Waals surface area contributed by atoms with E-state index >= 15 is 0 Å². The van der Waals surface area contributed by atoms with E-state index in [0.717, 1.165) is 0 Å². The third kappa shape index (κ3) is 3.67. The van der Waals surface area contributed by atoms with E-state index < -0.39 is 11.7 Å². The fourth-order valence-electron chi connectivity index (χ4n) is 2.11. The monoisotopic (exact) mass is 323 g/mol. The predicted molar refractivity (Wildman–Crippen MR) is 90.0 cm³/mol. The van der Waals surface area contributed by atoms with Gasteiger partial charge in [-0.1, -0.05) is 6.07 Å². The molecular weight excluding hydrogens is 309 g/mol. The molecule has 3 aromatic rings. The molecule has 0 unspecified atom stereocenters. The number of carbonyl (C=O) groups is 1. The minimum absolute atomic E-state index is 0.154. The van der Waals surface area contributed by atoms with Gasteiger partial charge < -0.3 is 15.7 Å². The number of nitrogens with zero attached hydrogens (tertiary/aromatic N) is 1. The van der Waals surface area contributed by atoms with Crippen LogP contribution >= 0.6 is 0 Å². The number of amides is 1. The van der Waals surface area contributed by atoms with Crippen LogP contribution in [0.1, 0.15) is 10.4 Å². The van der Waals surface area contributed by atoms with Gasteiger partial charge in [-0.15, -0.1) is 0 Å². The van der Waals surface area contributed by atoms with Crippen LogP contribution in [0.15, 0.2) is 66.9 Å². The summed E-state index contributed by atoms with van der Waals surface area (Å²) < 4.78 is 13.2. The zero-order valence-electron chi connectivity index (χ0n) is 12.5. The largest absolute Gasteiger partial charge is 0.508 e. The number of halogens is 1. The number of hydrogen-bond acceptors (Lipinski definition) is 4. The van der Waals surface area contributed by atoms with Gasteiger partial charge in [-0.3, -0.25) is 4.79 Å². The molecule has 0 aliphatic carbocycles. The summed E-state index contributed by atoms with van der Waals surface area (Å²) in [7, 11) is 0. The summed E-state index contributed by atoms with van der Waals surface area (Å²) in [5.74, 6) is -0.318. The molecule has 5 nitrogen and oxygen atoms in total. The van der Waals surface area contributed by atoms with Crippen LogP contribution in [0.25, 0.3) is 0 Å². The van der Waals surface area contributed by atoms with Gasteiger partial charge >= 0.3 is 0 Å². The Morgan fingerprint density at radius 1 is 1.04 bits per heavy atom. The van der Waals surface area contributed by atoms with Crippen molar-refractivity contribution in [2.75, 3.05) is 10.6 Å². The Morgan fingerprint density at radius 2 is 1.83 bits per heavy atom. The van der Waals surface area contributed by atoms with Gasteiger partial charge in [-0.2, -0.15) is 0 Å². The molecular formula is C18H14FN3O2. The van der Waals surface area contributed by atoms with Gasteiger partial charge in [0.2, 0.25) is 0 Å². The zero-order chi connectivity index (χ0) is 16.9. The lowest BCUT2D eigenvalue weighted by Gasteiger charge is -2.12. The highest BCUT2D eigenvalue weighted by atomic mass is 19.1. The van der Waals surface area contributed by atoms with Crippen molar-refractivity contribution in [1.29, 1.82) is 0 Å². The Bertz CT molecular complexity index is 866. The standard InChI is InChI=1S/C18H14FN3O2/c19-13-4-1-3-12(11-13)18(24)22-16-5-2-10-20-17(16)21-14-6-8-15(23)9-7-14/h1-11,23H,(H,20,21)(H,22,24). The molecule has 24 heavy (non-hydrogen) atoms. The maximum atomic E-state index is 13.2. The molecule has 0 atom stereocenters. The van der Waals surface area contributed by atoms with Crippen molar-refractivity contribution in [3.05, 3.63) is 78.2 Å². The number of hydrogen-bond donors (Lipinski definition) is 3. The van der Waals surface area contributed by atoms with Crippen LogP contribution in [0.5, 0.6) is 5.75 Å². The number of anilines is 3. The first kappa shape index (κ1) is 15.5. The van der Waals surface area contributed by atoms with E-state index in [-0.39, 0.29) is 11.3 Å². The van der Waals surface area contributed by atoms with Crippen molar-refractivity contribution in [2.45, 2.75) is 0 Å². The van der Waals surface area contributed by atoms with Crippen molar-refractivity contribution in [3.8, 4) is 5.75 Å². The van der Waals surface area contributed by atoms with Gasteiger partial charge in [0.05, 0.1) is 5.69 Å². The Kier molecular flexibility index (Phi) is 4.38. The molecule has 3 N–H and O–H groups in total. The van der Waals surface area contributed by atoms with Crippen LogP contribution in [-0.2, 0) is 0 Å². The topological polar surface area (TPSA) is 74.2 Å². The summed E-state index contributed by atoms with van der Waals surface area (Å²) in [4.78, 5) is 16.4. The van der Waals surface area contributed by atoms with E-state index in [0.29, 0.717) is 17.2 Å². The molecule has 0 saturated heterocycles. The van der Waals surface area contributed by atoms with Gasteiger partial charge in [-0.05, 0) is 54.6 Å². The SMILES string of the molecule is O=C(Nc1cccnc1Nc1ccc(O)cc1)c1cccc(F)c1. The second-order valence-electron chi connectivity index (χ2n) is 5.04. The Labute approximate surface area is 137 Å². The fraction of sp³-hybridized carbons (Fsp3) is 0. The number of pyridine rings is 1. The molecule has 1 heterocycles. The van der Waals surface area contributed by atoms with E-state index in [2.05, 4.69) is 15.6 Å². The average Bonchev–Trinajstić information content (AvgIpc) is 2.58. The van der Waals surface area contributed by atoms with Crippen molar-refractivity contribution in [3.63, 3.8) is 0 Å². The summed E-state index contributed by atoms with van der Waals surface area (Å²) in [5, 5.41) is 15.1. The minimum atomic E-state index is -0.476. The van der Waals surface area contributed by atoms with Crippen LogP contribution in [0.3, 0.4) is 0 Å². The molecule has 0 bridgehead atoms. The number of nitrogens with one attached hydrogen (secondary N) is 2. The average molecular weight is 323 g/mol. The van der Waals surface area contributed by atoms with Crippen molar-refractivity contribution < 1.29 is 14.3 Å². The van der Waals surface area contributed by atoms with E-state index in [1.54, 1.807) is 30.5 Å². The predicted octanol–water partition coefficient (Wildman–Crippen LogP) is 3.92. The second kappa shape index (κ2) is 6.78. The maximum Gasteiger partial charge on any atom is 0.255 e. The molecule has 0 spiro atoms. The second-order valence-corrected chi connectivity index (χ2v) is 5.04. The highest BCUT2D eigenvalue weighted by Crippen LogP contribution is 2.24. The van der Waals surface area contributed by atoms with Crippen molar-refractivity contribution in [2.24, 2.45) is 0 Å². The van der Waals surface area contributed by atoms with Gasteiger partial charge in [-0.25, -0.2) is 9.37 Å². The van der Waals surface area contributed by atoms with E-state index in [1.807, 2.05) is 0 Å². The smallest absolute Gasteiger partial charge is 0.255 e. The molecule has 0 fully saturated rings. The van der Waals surface area contributed by atoms with Crippen LogP contribution in [0.2, 0.25) is 0 Å². The molecule has 0 saturated carbocycles. The summed E-state index contributed by atoms with van der Waals surface area (Å²) in [6, 6.07) is 15.3. The summed E-state index contributed by atoms with van der Waals surface area (Å²) in [5.41, 5.74) is 1.38. The number of rotatable bonds is 4. The number of benzene rings is 2. The molecule has 120 valence electrons. The van der Waals surface area contributed by atoms with Crippen molar-refractivity contribution >= 4 is 23.1 Å². The first-order valence-electron chi connectivity index (χ1n) is 7.20. The molecule has 0 aliphatic heterocycles. The molecule has 2 aromatic carbocycles. The molecule has 1 aromatic heterocycles. The van der Waals surface area contributed by atoms with Gasteiger partial charge in [0.25, 0.3) is 5.91 Å². The lowest BCUT2D eigenvalue weighted by Crippen LogP contribution is -2.13. The molecule has 3 rings (SSSR count). The lowest BCUT2D eigenvalue weighted by atomic mass is 10.2. The Hall–Kier alpha value is -3.41. The quantitative estimate of drug-likeness (QED) is 0.636. The maximum absolute atomic E-state index is 13.2. The number of phenols is 1. The lowest BCUT2D eigenvalue weighted by molar-refractivity contribution is 0.102. The van der Waals surface area contributed by atoms with Crippen molar-refractivity contribution in [1.82, 2.24) is 4.98 Å². The van der Waals surface area contributed by atoms with Crippen LogP contribution < -0.4 is 10.6 Å². The van der Waals surface area contributed by atoms with Crippen LogP contribution in [0.4, 0.5) is 21.6 Å². The molecule has 0 radical (unpaired) electrons. The Morgan fingerprint density at radius 3 is 2.58 bits per heavy atom. The summed E-state index contributed by atoms with van der Waals surface area (Å²) >= 11 is 0. The fourth-order valence-corrected chi connectivity index (χ4v) is 2.11. The highest BCUT2D eigenvalue weighted by molar-refractivity contribution is 6.05. The van der Waals surface area contributed by atoms with Gasteiger partial charge in [0.15, 0.2) is 5.82 Å². The zero-order valence-corrected chi connectivity index (χ0v) is 12.5. The molecule has 6 heteroatoms. The van der Waals surface area contributed by atoms with Crippen LogP contribution in [0, 0.1) is 5.82 Å². The first-order valence-corrected chi connectivity index (χ1v) is 7.20. The molecule has 1 amide bonds. The van der Waals surface area contributed by atoms with Gasteiger partial charge in [0.1, 0.15) is 11.6 Å². The summed E-state index contributed by atoms with van der Waals surface area (Å²) in [6.45, 7) is 0. The van der Waals surface area contributed by atoms with Gasteiger partial charge in [0, 0.05) is 17.4 Å². The number of aromatic hydroxyl groups is 1. The highest BCUT2D eigenvalue weighted by Gasteiger charge is 2.10. The number of aromatic nitrogens is 1. The number of phenolic OH excluding ortho intramolecular Hbond substituents is 1. The first-order chi connectivity index (χ1) is 11.6. The van der Waals surface area contributed by atoms with Crippen LogP contribution in [-0.4, -0.2) is 16.0 Å². The minimum Gasteiger partial charge on any atom is -0.508 e. The molecule has 0 aliphatic rings. The number of carbonyl (C=O) groups excluding carboxylic acids is 1. The van der Waals surface area contributed by atoms with E-state index in [4.69, 9.17) is 0 Å². The third-order valence-electron chi connectivity index (χ3n) is 3.27. The van der Waals surface area contributed by atoms with E-state index in [1.165, 1.54) is 36.4 Å². The normalized spacial score (nSPS) is 10.2. The third-order valence-corrected chi connectivity index (χ3v) is 3.27. The Balaban J connectivity index is 1.81.